The Morgan fingerprint density at radius 3 is 2.79 bits per heavy atom. The van der Waals surface area contributed by atoms with Gasteiger partial charge < -0.3 is 0 Å². The molecule has 19 heavy (non-hydrogen) atoms. The number of halogens is 1. The fraction of sp³-hybridized carbons (Fsp3) is 0.467. The Morgan fingerprint density at radius 1 is 1.32 bits per heavy atom. The molecule has 0 aromatic heterocycles. The van der Waals surface area contributed by atoms with Gasteiger partial charge >= 0.3 is 0 Å². The maximum atomic E-state index is 11.6. The van der Waals surface area contributed by atoms with Gasteiger partial charge in [0.05, 0.1) is 5.71 Å². The fourth-order valence-electron chi connectivity index (χ4n) is 1.69. The molecule has 0 bridgehead atoms. The second kappa shape index (κ2) is 8.86. The van der Waals surface area contributed by atoms with E-state index in [0.717, 1.165) is 28.6 Å². The van der Waals surface area contributed by atoms with Crippen molar-refractivity contribution >= 4 is 27.5 Å². The van der Waals surface area contributed by atoms with Crippen molar-refractivity contribution in [2.75, 3.05) is 0 Å². The third kappa shape index (κ3) is 6.53. The lowest BCUT2D eigenvalue weighted by Gasteiger charge is -2.03. The zero-order valence-corrected chi connectivity index (χ0v) is 13.2. The Kier molecular flexibility index (Phi) is 7.41. The van der Waals surface area contributed by atoms with Crippen molar-refractivity contribution < 1.29 is 4.79 Å². The van der Waals surface area contributed by atoms with Crippen molar-refractivity contribution in [3.8, 4) is 0 Å². The molecule has 0 aliphatic carbocycles. The highest BCUT2D eigenvalue weighted by atomic mass is 79.9. The van der Waals surface area contributed by atoms with E-state index in [1.807, 2.05) is 31.2 Å². The van der Waals surface area contributed by atoms with E-state index < -0.39 is 0 Å². The summed E-state index contributed by atoms with van der Waals surface area (Å²) in [6, 6.07) is 7.86. The first-order chi connectivity index (χ1) is 9.13. The molecule has 0 aliphatic rings. The smallest absolute Gasteiger partial charge is 0.240 e. The molecule has 0 saturated carbocycles. The number of carbonyl (C=O) groups is 1. The normalized spacial score (nSPS) is 11.4. The second-order valence-corrected chi connectivity index (χ2v) is 5.47. The van der Waals surface area contributed by atoms with Gasteiger partial charge in [-0.05, 0) is 31.0 Å². The van der Waals surface area contributed by atoms with E-state index >= 15 is 0 Å². The van der Waals surface area contributed by atoms with E-state index in [9.17, 15) is 4.79 Å². The molecule has 0 unspecified atom stereocenters. The first kappa shape index (κ1) is 15.9. The highest BCUT2D eigenvalue weighted by Gasteiger charge is 2.01. The number of unbranched alkanes of at least 4 members (excludes halogenated alkanes) is 3. The molecule has 1 aromatic carbocycles. The molecular weight excluding hydrogens is 304 g/mol. The molecule has 0 spiro atoms. The van der Waals surface area contributed by atoms with Crippen LogP contribution >= 0.6 is 15.9 Å². The zero-order chi connectivity index (χ0) is 14.1. The summed E-state index contributed by atoms with van der Waals surface area (Å²) in [6.45, 7) is 4.05. The van der Waals surface area contributed by atoms with Crippen molar-refractivity contribution in [3.05, 3.63) is 34.3 Å². The minimum absolute atomic E-state index is 0.00884. The van der Waals surface area contributed by atoms with Gasteiger partial charge in [0, 0.05) is 10.9 Å². The van der Waals surface area contributed by atoms with Crippen LogP contribution in [-0.2, 0) is 4.79 Å². The molecule has 0 saturated heterocycles. The third-order valence-electron chi connectivity index (χ3n) is 2.85. The minimum atomic E-state index is -0.00884. The Bertz CT molecular complexity index is 444. The molecule has 0 radical (unpaired) electrons. The molecule has 1 amide bonds. The molecule has 1 rings (SSSR count). The molecule has 0 atom stereocenters. The topological polar surface area (TPSA) is 41.5 Å². The number of carbonyl (C=O) groups excluding carboxylic acids is 1. The van der Waals surface area contributed by atoms with Gasteiger partial charge in [0.2, 0.25) is 5.91 Å². The van der Waals surface area contributed by atoms with Gasteiger partial charge in [-0.3, -0.25) is 4.79 Å². The average Bonchev–Trinajstić information content (AvgIpc) is 2.41. The molecular formula is C15H21BrN2O. The zero-order valence-electron chi connectivity index (χ0n) is 11.6. The molecule has 104 valence electrons. The molecule has 3 nitrogen and oxygen atoms in total. The Balaban J connectivity index is 2.41. The second-order valence-electron chi connectivity index (χ2n) is 4.55. The fourth-order valence-corrected chi connectivity index (χ4v) is 2.09. The van der Waals surface area contributed by atoms with Crippen molar-refractivity contribution in [2.45, 2.75) is 46.0 Å². The Morgan fingerprint density at radius 2 is 2.11 bits per heavy atom. The average molecular weight is 325 g/mol. The first-order valence-electron chi connectivity index (χ1n) is 6.72. The van der Waals surface area contributed by atoms with Gasteiger partial charge in [-0.2, -0.15) is 5.10 Å². The Labute approximate surface area is 123 Å². The summed E-state index contributed by atoms with van der Waals surface area (Å²) in [5.41, 5.74) is 4.42. The standard InChI is InChI=1S/C15H21BrN2O/c1-3-4-5-6-10-15(19)18-17-12(2)13-8-7-9-14(16)11-13/h7-9,11H,3-6,10H2,1-2H3,(H,18,19)/b17-12+. The molecule has 1 N–H and O–H groups in total. The first-order valence-corrected chi connectivity index (χ1v) is 7.52. The molecule has 0 aliphatic heterocycles. The van der Waals surface area contributed by atoms with Gasteiger partial charge in [-0.25, -0.2) is 5.43 Å². The largest absolute Gasteiger partial charge is 0.273 e. The molecule has 0 heterocycles. The van der Waals surface area contributed by atoms with Crippen LogP contribution < -0.4 is 5.43 Å². The van der Waals surface area contributed by atoms with Gasteiger partial charge in [0.1, 0.15) is 0 Å². The number of benzene rings is 1. The van der Waals surface area contributed by atoms with Crippen molar-refractivity contribution in [1.29, 1.82) is 0 Å². The van der Waals surface area contributed by atoms with E-state index in [-0.39, 0.29) is 5.91 Å². The van der Waals surface area contributed by atoms with Crippen LogP contribution in [0.25, 0.3) is 0 Å². The number of nitrogens with one attached hydrogen (secondary N) is 1. The summed E-state index contributed by atoms with van der Waals surface area (Å²) in [5, 5.41) is 4.13. The van der Waals surface area contributed by atoms with Crippen LogP contribution in [0.5, 0.6) is 0 Å². The van der Waals surface area contributed by atoms with Crippen LogP contribution in [0, 0.1) is 0 Å². The highest BCUT2D eigenvalue weighted by Crippen LogP contribution is 2.12. The Hall–Kier alpha value is -1.16. The van der Waals surface area contributed by atoms with E-state index in [1.54, 1.807) is 0 Å². The molecule has 1 aromatic rings. The van der Waals surface area contributed by atoms with Crippen LogP contribution in [0.3, 0.4) is 0 Å². The summed E-state index contributed by atoms with van der Waals surface area (Å²) in [6.07, 6.45) is 4.97. The maximum absolute atomic E-state index is 11.6. The van der Waals surface area contributed by atoms with Gasteiger partial charge in [0.15, 0.2) is 0 Å². The number of hydrogen-bond donors (Lipinski definition) is 1. The van der Waals surface area contributed by atoms with E-state index in [1.165, 1.54) is 12.8 Å². The number of hydrazone groups is 1. The maximum Gasteiger partial charge on any atom is 0.240 e. The lowest BCUT2D eigenvalue weighted by atomic mass is 10.1. The van der Waals surface area contributed by atoms with E-state index in [4.69, 9.17) is 0 Å². The van der Waals surface area contributed by atoms with Crippen LogP contribution in [0.15, 0.2) is 33.8 Å². The molecule has 0 fully saturated rings. The SMILES string of the molecule is CCCCCCC(=O)N/N=C(\C)c1cccc(Br)c1. The molecule has 4 heteroatoms. The number of rotatable bonds is 7. The predicted octanol–water partition coefficient (Wildman–Crippen LogP) is 4.26. The summed E-state index contributed by atoms with van der Waals surface area (Å²) in [5.74, 6) is -0.00884. The number of amides is 1. The van der Waals surface area contributed by atoms with Crippen molar-refractivity contribution in [2.24, 2.45) is 5.10 Å². The lowest BCUT2D eigenvalue weighted by molar-refractivity contribution is -0.121. The van der Waals surface area contributed by atoms with Gasteiger partial charge in [-0.1, -0.05) is 54.2 Å². The van der Waals surface area contributed by atoms with Gasteiger partial charge in [-0.15, -0.1) is 0 Å². The van der Waals surface area contributed by atoms with Crippen molar-refractivity contribution in [3.63, 3.8) is 0 Å². The number of nitrogens with zero attached hydrogens (tertiary/aromatic N) is 1. The van der Waals surface area contributed by atoms with Crippen LogP contribution in [-0.4, -0.2) is 11.6 Å². The minimum Gasteiger partial charge on any atom is -0.273 e. The van der Waals surface area contributed by atoms with E-state index in [0.29, 0.717) is 6.42 Å². The van der Waals surface area contributed by atoms with Crippen LogP contribution in [0.4, 0.5) is 0 Å². The van der Waals surface area contributed by atoms with Crippen LogP contribution in [0.1, 0.15) is 51.5 Å². The summed E-state index contributed by atoms with van der Waals surface area (Å²) < 4.78 is 1.01. The summed E-state index contributed by atoms with van der Waals surface area (Å²) in [7, 11) is 0. The quantitative estimate of drug-likeness (QED) is 0.454. The van der Waals surface area contributed by atoms with E-state index in [2.05, 4.69) is 33.4 Å². The summed E-state index contributed by atoms with van der Waals surface area (Å²) >= 11 is 3.42. The third-order valence-corrected chi connectivity index (χ3v) is 3.34. The summed E-state index contributed by atoms with van der Waals surface area (Å²) in [4.78, 5) is 11.6. The monoisotopic (exact) mass is 324 g/mol. The van der Waals surface area contributed by atoms with Crippen LogP contribution in [0.2, 0.25) is 0 Å². The highest BCUT2D eigenvalue weighted by molar-refractivity contribution is 9.10. The lowest BCUT2D eigenvalue weighted by Crippen LogP contribution is -2.18. The van der Waals surface area contributed by atoms with Gasteiger partial charge in [0.25, 0.3) is 0 Å². The predicted molar refractivity (Wildman–Crippen MR) is 83.3 cm³/mol. The van der Waals surface area contributed by atoms with Crippen molar-refractivity contribution in [1.82, 2.24) is 5.43 Å². The number of hydrogen-bond acceptors (Lipinski definition) is 2.